The molecule has 0 bridgehead atoms. The van der Waals surface area contributed by atoms with Crippen LogP contribution in [0.25, 0.3) is 0 Å². The summed E-state index contributed by atoms with van der Waals surface area (Å²) in [5, 5.41) is 7.50. The Bertz CT molecular complexity index is 616. The molecule has 2 aliphatic heterocycles. The normalized spacial score (nSPS) is 27.7. The van der Waals surface area contributed by atoms with E-state index in [9.17, 15) is 9.59 Å². The van der Waals surface area contributed by atoms with E-state index in [-0.39, 0.29) is 17.2 Å². The molecule has 3 fully saturated rings. The highest BCUT2D eigenvalue weighted by Crippen LogP contribution is 2.42. The predicted molar refractivity (Wildman–Crippen MR) is 83.5 cm³/mol. The van der Waals surface area contributed by atoms with Gasteiger partial charge < -0.3 is 9.80 Å². The molecule has 0 aromatic carbocycles. The average Bonchev–Trinajstić information content (AvgIpc) is 3.37. The van der Waals surface area contributed by atoms with Crippen molar-refractivity contribution in [2.45, 2.75) is 32.1 Å². The molecule has 0 radical (unpaired) electrons. The largest absolute Gasteiger partial charge is 0.342 e. The van der Waals surface area contributed by atoms with Crippen LogP contribution in [0.3, 0.4) is 0 Å². The molecular weight excluding hydrogens is 292 g/mol. The second-order valence-electron chi connectivity index (χ2n) is 7.19. The molecule has 2 saturated heterocycles. The lowest BCUT2D eigenvalue weighted by atomic mass is 9.78. The standard InChI is InChI=1S/C17H22N4O2/c22-15(14-4-7-18-19-10-14)21-8-1-5-17(12-21)6-9-20(16(17)23)11-13-2-3-13/h4,7,10,13H,1-3,5-6,8-9,11-12H2/t17-/m1/s1. The van der Waals surface area contributed by atoms with Crippen molar-refractivity contribution in [2.24, 2.45) is 11.3 Å². The van der Waals surface area contributed by atoms with Gasteiger partial charge in [-0.1, -0.05) is 0 Å². The Balaban J connectivity index is 1.48. The van der Waals surface area contributed by atoms with Crippen molar-refractivity contribution in [2.75, 3.05) is 26.2 Å². The van der Waals surface area contributed by atoms with Gasteiger partial charge in [0.2, 0.25) is 5.91 Å². The molecule has 1 saturated carbocycles. The van der Waals surface area contributed by atoms with Gasteiger partial charge in [-0.3, -0.25) is 9.59 Å². The third kappa shape index (κ3) is 2.71. The molecule has 1 aromatic rings. The van der Waals surface area contributed by atoms with E-state index >= 15 is 0 Å². The van der Waals surface area contributed by atoms with Crippen LogP contribution < -0.4 is 0 Å². The van der Waals surface area contributed by atoms with Gasteiger partial charge in [-0.2, -0.15) is 10.2 Å². The van der Waals surface area contributed by atoms with Gasteiger partial charge in [-0.25, -0.2) is 0 Å². The number of carbonyl (C=O) groups excluding carboxylic acids is 2. The molecule has 3 aliphatic rings. The molecule has 0 unspecified atom stereocenters. The highest BCUT2D eigenvalue weighted by molar-refractivity contribution is 5.94. The lowest BCUT2D eigenvalue weighted by molar-refractivity contribution is -0.138. The minimum atomic E-state index is -0.344. The number of amides is 2. The third-order valence-corrected chi connectivity index (χ3v) is 5.47. The summed E-state index contributed by atoms with van der Waals surface area (Å²) in [5.74, 6) is 0.959. The van der Waals surface area contributed by atoms with E-state index in [0.29, 0.717) is 12.1 Å². The topological polar surface area (TPSA) is 66.4 Å². The van der Waals surface area contributed by atoms with Crippen LogP contribution in [0.2, 0.25) is 0 Å². The Morgan fingerprint density at radius 3 is 2.87 bits per heavy atom. The Hall–Kier alpha value is -1.98. The Kier molecular flexibility index (Phi) is 3.54. The third-order valence-electron chi connectivity index (χ3n) is 5.47. The summed E-state index contributed by atoms with van der Waals surface area (Å²) in [6.45, 7) is 3.05. The van der Waals surface area contributed by atoms with Gasteiger partial charge in [0.05, 0.1) is 23.4 Å². The van der Waals surface area contributed by atoms with Gasteiger partial charge in [-0.15, -0.1) is 0 Å². The Morgan fingerprint density at radius 1 is 1.26 bits per heavy atom. The van der Waals surface area contributed by atoms with Crippen molar-refractivity contribution in [3.05, 3.63) is 24.0 Å². The zero-order valence-electron chi connectivity index (χ0n) is 13.3. The number of aromatic nitrogens is 2. The first-order valence-electron chi connectivity index (χ1n) is 8.53. The van der Waals surface area contributed by atoms with E-state index in [1.165, 1.54) is 25.2 Å². The van der Waals surface area contributed by atoms with E-state index in [1.807, 2.05) is 9.80 Å². The van der Waals surface area contributed by atoms with Crippen LogP contribution in [0.15, 0.2) is 18.5 Å². The first-order valence-corrected chi connectivity index (χ1v) is 8.53. The molecule has 2 amide bonds. The first-order chi connectivity index (χ1) is 11.2. The van der Waals surface area contributed by atoms with Crippen molar-refractivity contribution < 1.29 is 9.59 Å². The lowest BCUT2D eigenvalue weighted by Crippen LogP contribution is -2.50. The van der Waals surface area contributed by atoms with Crippen LogP contribution in [-0.2, 0) is 4.79 Å². The number of carbonyl (C=O) groups is 2. The van der Waals surface area contributed by atoms with Crippen LogP contribution >= 0.6 is 0 Å². The molecule has 6 heteroatoms. The maximum absolute atomic E-state index is 12.9. The molecule has 6 nitrogen and oxygen atoms in total. The maximum atomic E-state index is 12.9. The van der Waals surface area contributed by atoms with Gasteiger partial charge in [0, 0.05) is 26.2 Å². The zero-order chi connectivity index (χ0) is 15.9. The van der Waals surface area contributed by atoms with Gasteiger partial charge in [-0.05, 0) is 44.1 Å². The van der Waals surface area contributed by atoms with Crippen LogP contribution in [0.1, 0.15) is 42.5 Å². The van der Waals surface area contributed by atoms with E-state index in [1.54, 1.807) is 6.07 Å². The van der Waals surface area contributed by atoms with Crippen molar-refractivity contribution in [1.82, 2.24) is 20.0 Å². The first kappa shape index (κ1) is 14.6. The van der Waals surface area contributed by atoms with Crippen molar-refractivity contribution >= 4 is 11.8 Å². The Labute approximate surface area is 135 Å². The molecule has 1 aliphatic carbocycles. The van der Waals surface area contributed by atoms with E-state index in [4.69, 9.17) is 0 Å². The zero-order valence-corrected chi connectivity index (χ0v) is 13.3. The fraction of sp³-hybridized carbons (Fsp3) is 0.647. The fourth-order valence-corrected chi connectivity index (χ4v) is 3.96. The van der Waals surface area contributed by atoms with Gasteiger partial charge in [0.1, 0.15) is 0 Å². The molecule has 3 heterocycles. The summed E-state index contributed by atoms with van der Waals surface area (Å²) in [6.07, 6.45) is 8.24. The van der Waals surface area contributed by atoms with Crippen LogP contribution in [0, 0.1) is 11.3 Å². The minimum absolute atomic E-state index is 0.0348. The quantitative estimate of drug-likeness (QED) is 0.844. The number of hydrogen-bond donors (Lipinski definition) is 0. The van der Waals surface area contributed by atoms with Gasteiger partial charge in [0.15, 0.2) is 0 Å². The number of piperidine rings is 1. The number of hydrogen-bond acceptors (Lipinski definition) is 4. The van der Waals surface area contributed by atoms with Crippen molar-refractivity contribution in [3.63, 3.8) is 0 Å². The van der Waals surface area contributed by atoms with E-state index in [0.717, 1.165) is 44.8 Å². The van der Waals surface area contributed by atoms with Gasteiger partial charge in [0.25, 0.3) is 5.91 Å². The maximum Gasteiger partial charge on any atom is 0.255 e. The lowest BCUT2D eigenvalue weighted by Gasteiger charge is -2.39. The van der Waals surface area contributed by atoms with Crippen molar-refractivity contribution in [3.8, 4) is 0 Å². The van der Waals surface area contributed by atoms with E-state index < -0.39 is 0 Å². The summed E-state index contributed by atoms with van der Waals surface area (Å²) in [7, 11) is 0. The molecule has 4 rings (SSSR count). The highest BCUT2D eigenvalue weighted by Gasteiger charge is 2.50. The highest BCUT2D eigenvalue weighted by atomic mass is 16.2. The number of likely N-dealkylation sites (tertiary alicyclic amines) is 2. The molecule has 122 valence electrons. The second kappa shape index (κ2) is 5.58. The number of nitrogens with zero attached hydrogens (tertiary/aromatic N) is 4. The summed E-state index contributed by atoms with van der Waals surface area (Å²) < 4.78 is 0. The molecule has 1 spiro atoms. The van der Waals surface area contributed by atoms with Crippen LogP contribution in [0.4, 0.5) is 0 Å². The van der Waals surface area contributed by atoms with Crippen molar-refractivity contribution in [1.29, 1.82) is 0 Å². The molecule has 0 N–H and O–H groups in total. The summed E-state index contributed by atoms with van der Waals surface area (Å²) in [6, 6.07) is 1.69. The molecule has 23 heavy (non-hydrogen) atoms. The van der Waals surface area contributed by atoms with Gasteiger partial charge >= 0.3 is 0 Å². The Morgan fingerprint density at radius 2 is 2.13 bits per heavy atom. The average molecular weight is 314 g/mol. The monoisotopic (exact) mass is 314 g/mol. The molecular formula is C17H22N4O2. The van der Waals surface area contributed by atoms with Crippen LogP contribution in [0.5, 0.6) is 0 Å². The summed E-state index contributed by atoms with van der Waals surface area (Å²) >= 11 is 0. The molecule has 1 aromatic heterocycles. The predicted octanol–water partition coefficient (Wildman–Crippen LogP) is 1.34. The fourth-order valence-electron chi connectivity index (χ4n) is 3.96. The van der Waals surface area contributed by atoms with Crippen LogP contribution in [-0.4, -0.2) is 58.0 Å². The molecule has 1 atom stereocenters. The summed E-state index contributed by atoms with van der Waals surface area (Å²) in [5.41, 5.74) is 0.209. The summed E-state index contributed by atoms with van der Waals surface area (Å²) in [4.78, 5) is 29.4. The van der Waals surface area contributed by atoms with E-state index in [2.05, 4.69) is 10.2 Å². The minimum Gasteiger partial charge on any atom is -0.342 e. The SMILES string of the molecule is O=C(c1ccnnc1)N1CCC[C@@]2(CCN(CC3CC3)C2=O)C1. The smallest absolute Gasteiger partial charge is 0.255 e. The second-order valence-corrected chi connectivity index (χ2v) is 7.19. The number of rotatable bonds is 3.